The summed E-state index contributed by atoms with van der Waals surface area (Å²) in [4.78, 5) is 17.7. The van der Waals surface area contributed by atoms with Gasteiger partial charge in [0.1, 0.15) is 11.6 Å². The molecule has 1 atom stereocenters. The molecule has 1 aliphatic heterocycles. The van der Waals surface area contributed by atoms with Gasteiger partial charge in [-0.15, -0.1) is 0 Å². The standard InChI is InChI=1S/C21H23N5O/c1-2-27-19-5-3-17(4-6-19)20-16-25(18-7-9-22-10-8-18)13-14-26(20)21-15-23-11-12-24-21/h3-12,15,20H,2,13-14,16H2,1H3. The lowest BCUT2D eigenvalue weighted by atomic mass is 10.0. The third kappa shape index (κ3) is 3.84. The van der Waals surface area contributed by atoms with Gasteiger partial charge in [0.25, 0.3) is 0 Å². The van der Waals surface area contributed by atoms with Crippen LogP contribution in [0.1, 0.15) is 18.5 Å². The molecule has 0 spiro atoms. The molecular weight excluding hydrogens is 338 g/mol. The number of hydrogen-bond donors (Lipinski definition) is 0. The number of rotatable bonds is 5. The van der Waals surface area contributed by atoms with E-state index in [4.69, 9.17) is 4.74 Å². The van der Waals surface area contributed by atoms with Crippen LogP contribution in [0.25, 0.3) is 0 Å². The SMILES string of the molecule is CCOc1ccc(C2CN(c3ccncc3)CCN2c2cnccn2)cc1. The van der Waals surface area contributed by atoms with Crippen LogP contribution in [-0.4, -0.2) is 41.2 Å². The molecule has 0 bridgehead atoms. The van der Waals surface area contributed by atoms with Gasteiger partial charge >= 0.3 is 0 Å². The van der Waals surface area contributed by atoms with E-state index in [1.807, 2.05) is 37.6 Å². The van der Waals surface area contributed by atoms with Crippen molar-refractivity contribution in [1.29, 1.82) is 0 Å². The zero-order chi connectivity index (χ0) is 18.5. The van der Waals surface area contributed by atoms with Gasteiger partial charge in [-0.3, -0.25) is 9.97 Å². The second-order valence-corrected chi connectivity index (χ2v) is 6.43. The minimum atomic E-state index is 0.180. The molecule has 2 aromatic heterocycles. The van der Waals surface area contributed by atoms with E-state index < -0.39 is 0 Å². The number of piperazine rings is 1. The van der Waals surface area contributed by atoms with E-state index in [0.29, 0.717) is 6.61 Å². The fourth-order valence-corrected chi connectivity index (χ4v) is 3.52. The van der Waals surface area contributed by atoms with Crippen LogP contribution in [0.2, 0.25) is 0 Å². The van der Waals surface area contributed by atoms with Crippen LogP contribution in [0.4, 0.5) is 11.5 Å². The van der Waals surface area contributed by atoms with E-state index in [1.54, 1.807) is 12.4 Å². The lowest BCUT2D eigenvalue weighted by Gasteiger charge is -2.43. The van der Waals surface area contributed by atoms with Crippen molar-refractivity contribution in [2.45, 2.75) is 13.0 Å². The Morgan fingerprint density at radius 2 is 1.78 bits per heavy atom. The number of pyridine rings is 1. The van der Waals surface area contributed by atoms with E-state index in [0.717, 1.165) is 31.2 Å². The Hall–Kier alpha value is -3.15. The summed E-state index contributed by atoms with van der Waals surface area (Å²) in [5, 5.41) is 0. The smallest absolute Gasteiger partial charge is 0.147 e. The van der Waals surface area contributed by atoms with E-state index in [2.05, 4.69) is 49.0 Å². The van der Waals surface area contributed by atoms with Gasteiger partial charge in [0, 0.05) is 50.1 Å². The topological polar surface area (TPSA) is 54.4 Å². The van der Waals surface area contributed by atoms with Crippen molar-refractivity contribution < 1.29 is 4.74 Å². The molecule has 1 aliphatic rings. The van der Waals surface area contributed by atoms with Crippen molar-refractivity contribution in [2.75, 3.05) is 36.0 Å². The van der Waals surface area contributed by atoms with Gasteiger partial charge in [0.15, 0.2) is 0 Å². The van der Waals surface area contributed by atoms with Crippen LogP contribution >= 0.6 is 0 Å². The first kappa shape index (κ1) is 17.3. The van der Waals surface area contributed by atoms with Crippen LogP contribution in [0.15, 0.2) is 67.4 Å². The minimum absolute atomic E-state index is 0.180. The maximum atomic E-state index is 5.60. The summed E-state index contributed by atoms with van der Waals surface area (Å²) in [5.41, 5.74) is 2.43. The van der Waals surface area contributed by atoms with E-state index >= 15 is 0 Å². The van der Waals surface area contributed by atoms with Crippen molar-refractivity contribution in [3.05, 3.63) is 72.9 Å². The summed E-state index contributed by atoms with van der Waals surface area (Å²) in [7, 11) is 0. The molecule has 3 aromatic rings. The van der Waals surface area contributed by atoms with Crippen molar-refractivity contribution in [3.63, 3.8) is 0 Å². The van der Waals surface area contributed by atoms with E-state index in [9.17, 15) is 0 Å². The molecule has 1 fully saturated rings. The summed E-state index contributed by atoms with van der Waals surface area (Å²) in [6.45, 7) is 5.34. The number of anilines is 2. The second kappa shape index (κ2) is 8.03. The molecule has 1 saturated heterocycles. The van der Waals surface area contributed by atoms with Gasteiger partial charge in [-0.1, -0.05) is 12.1 Å². The van der Waals surface area contributed by atoms with E-state index in [1.165, 1.54) is 11.3 Å². The molecule has 27 heavy (non-hydrogen) atoms. The quantitative estimate of drug-likeness (QED) is 0.695. The van der Waals surface area contributed by atoms with Gasteiger partial charge < -0.3 is 14.5 Å². The lowest BCUT2D eigenvalue weighted by Crippen LogP contribution is -2.49. The fraction of sp³-hybridized carbons (Fsp3) is 0.286. The number of nitrogens with zero attached hydrogens (tertiary/aromatic N) is 5. The Morgan fingerprint density at radius 3 is 2.48 bits per heavy atom. The average Bonchev–Trinajstić information content (AvgIpc) is 2.75. The number of hydrogen-bond acceptors (Lipinski definition) is 6. The number of ether oxygens (including phenoxy) is 1. The molecule has 1 unspecified atom stereocenters. The summed E-state index contributed by atoms with van der Waals surface area (Å²) in [6, 6.07) is 12.7. The molecule has 0 amide bonds. The van der Waals surface area contributed by atoms with Gasteiger partial charge in [0.05, 0.1) is 18.8 Å². The Labute approximate surface area is 159 Å². The van der Waals surface area contributed by atoms with Crippen LogP contribution in [0, 0.1) is 0 Å². The molecule has 0 N–H and O–H groups in total. The predicted octanol–water partition coefficient (Wildman–Crippen LogP) is 3.34. The average molecular weight is 361 g/mol. The Bertz CT molecular complexity index is 841. The Morgan fingerprint density at radius 1 is 0.963 bits per heavy atom. The normalized spacial score (nSPS) is 17.0. The number of aromatic nitrogens is 3. The summed E-state index contributed by atoms with van der Waals surface area (Å²) >= 11 is 0. The van der Waals surface area contributed by atoms with Crippen LogP contribution in [-0.2, 0) is 0 Å². The highest BCUT2D eigenvalue weighted by atomic mass is 16.5. The first-order valence-corrected chi connectivity index (χ1v) is 9.25. The van der Waals surface area contributed by atoms with Gasteiger partial charge in [-0.05, 0) is 36.8 Å². The summed E-state index contributed by atoms with van der Waals surface area (Å²) in [6.07, 6.45) is 8.98. The van der Waals surface area contributed by atoms with Gasteiger partial charge in [-0.25, -0.2) is 4.98 Å². The summed E-state index contributed by atoms with van der Waals surface area (Å²) in [5.74, 6) is 1.81. The summed E-state index contributed by atoms with van der Waals surface area (Å²) < 4.78 is 5.60. The molecule has 0 aliphatic carbocycles. The van der Waals surface area contributed by atoms with Crippen molar-refractivity contribution in [2.24, 2.45) is 0 Å². The zero-order valence-electron chi connectivity index (χ0n) is 15.4. The molecule has 1 aromatic carbocycles. The maximum absolute atomic E-state index is 5.60. The van der Waals surface area contributed by atoms with Crippen LogP contribution in [0.3, 0.4) is 0 Å². The third-order valence-corrected chi connectivity index (χ3v) is 4.83. The molecule has 0 radical (unpaired) electrons. The highest BCUT2D eigenvalue weighted by Gasteiger charge is 2.29. The number of benzene rings is 1. The Balaban J connectivity index is 1.64. The van der Waals surface area contributed by atoms with Crippen LogP contribution in [0.5, 0.6) is 5.75 Å². The third-order valence-electron chi connectivity index (χ3n) is 4.83. The second-order valence-electron chi connectivity index (χ2n) is 6.43. The molecule has 6 heteroatoms. The van der Waals surface area contributed by atoms with Crippen molar-refractivity contribution in [3.8, 4) is 5.75 Å². The maximum Gasteiger partial charge on any atom is 0.147 e. The highest BCUT2D eigenvalue weighted by molar-refractivity contribution is 5.51. The lowest BCUT2D eigenvalue weighted by molar-refractivity contribution is 0.340. The highest BCUT2D eigenvalue weighted by Crippen LogP contribution is 2.32. The molecule has 3 heterocycles. The first-order valence-electron chi connectivity index (χ1n) is 9.25. The van der Waals surface area contributed by atoms with Gasteiger partial charge in [0.2, 0.25) is 0 Å². The molecule has 0 saturated carbocycles. The van der Waals surface area contributed by atoms with E-state index in [-0.39, 0.29) is 6.04 Å². The molecule has 138 valence electrons. The predicted molar refractivity (Wildman–Crippen MR) is 106 cm³/mol. The van der Waals surface area contributed by atoms with Crippen molar-refractivity contribution >= 4 is 11.5 Å². The fourth-order valence-electron chi connectivity index (χ4n) is 3.52. The largest absolute Gasteiger partial charge is 0.494 e. The van der Waals surface area contributed by atoms with Crippen LogP contribution < -0.4 is 14.5 Å². The molecule has 6 nitrogen and oxygen atoms in total. The van der Waals surface area contributed by atoms with Gasteiger partial charge in [-0.2, -0.15) is 0 Å². The monoisotopic (exact) mass is 361 g/mol. The van der Waals surface area contributed by atoms with Crippen molar-refractivity contribution in [1.82, 2.24) is 15.0 Å². The molecular formula is C21H23N5O. The molecule has 4 rings (SSSR count). The minimum Gasteiger partial charge on any atom is -0.494 e. The Kier molecular flexibility index (Phi) is 5.14. The zero-order valence-corrected chi connectivity index (χ0v) is 15.4. The first-order chi connectivity index (χ1) is 13.3.